The Morgan fingerprint density at radius 1 is 1.32 bits per heavy atom. The highest BCUT2D eigenvalue weighted by Gasteiger charge is 2.55. The van der Waals surface area contributed by atoms with Gasteiger partial charge in [-0.25, -0.2) is 9.78 Å². The van der Waals surface area contributed by atoms with E-state index in [4.69, 9.17) is 0 Å². The lowest BCUT2D eigenvalue weighted by Gasteiger charge is -2.22. The number of hydrogen-bond acceptors (Lipinski definition) is 5. The standard InChI is InChI=1S/C20H22N4O3S/c1-19(2,3)14-11-28-17(21-14)22-15(25)10-24-16(26)20(23-18(24)27)9-8-12-6-4-5-7-13(12)20/h4-7,11H,8-10H2,1-3H3,(H,23,27)(H,21,22,25). The Morgan fingerprint density at radius 2 is 2.07 bits per heavy atom. The van der Waals surface area contributed by atoms with Gasteiger partial charge in [-0.2, -0.15) is 0 Å². The molecular weight excluding hydrogens is 376 g/mol. The first-order valence-corrected chi connectivity index (χ1v) is 10.1. The fourth-order valence-electron chi connectivity index (χ4n) is 3.71. The van der Waals surface area contributed by atoms with Gasteiger partial charge in [0.2, 0.25) is 5.91 Å². The number of urea groups is 1. The molecule has 1 aliphatic heterocycles. The van der Waals surface area contributed by atoms with Gasteiger partial charge in [-0.15, -0.1) is 11.3 Å². The van der Waals surface area contributed by atoms with Gasteiger partial charge in [0.05, 0.1) is 5.69 Å². The largest absolute Gasteiger partial charge is 0.325 e. The Hall–Kier alpha value is -2.74. The monoisotopic (exact) mass is 398 g/mol. The van der Waals surface area contributed by atoms with E-state index in [0.29, 0.717) is 11.6 Å². The number of fused-ring (bicyclic) bond motifs is 2. The number of amides is 4. The van der Waals surface area contributed by atoms with Gasteiger partial charge in [-0.3, -0.25) is 14.5 Å². The lowest BCUT2D eigenvalue weighted by molar-refractivity contribution is -0.134. The van der Waals surface area contributed by atoms with E-state index in [-0.39, 0.29) is 17.9 Å². The first kappa shape index (κ1) is 18.6. The van der Waals surface area contributed by atoms with Gasteiger partial charge in [-0.05, 0) is 24.0 Å². The number of thiazole rings is 1. The number of carbonyl (C=O) groups excluding carboxylic acids is 3. The molecule has 7 nitrogen and oxygen atoms in total. The molecule has 0 saturated carbocycles. The molecule has 1 aromatic heterocycles. The van der Waals surface area contributed by atoms with Crippen molar-refractivity contribution in [3.63, 3.8) is 0 Å². The Kier molecular flexibility index (Phi) is 4.26. The minimum Gasteiger partial charge on any atom is -0.319 e. The molecular formula is C20H22N4O3S. The Bertz CT molecular complexity index is 978. The van der Waals surface area contributed by atoms with E-state index < -0.39 is 17.5 Å². The summed E-state index contributed by atoms with van der Waals surface area (Å²) in [6, 6.07) is 7.08. The average Bonchev–Trinajstić information content (AvgIpc) is 3.30. The summed E-state index contributed by atoms with van der Waals surface area (Å²) in [6.07, 6.45) is 1.23. The summed E-state index contributed by atoms with van der Waals surface area (Å²) in [4.78, 5) is 43.4. The summed E-state index contributed by atoms with van der Waals surface area (Å²) in [5.74, 6) is -0.811. The molecule has 1 atom stereocenters. The van der Waals surface area contributed by atoms with Crippen LogP contribution in [0, 0.1) is 0 Å². The van der Waals surface area contributed by atoms with Gasteiger partial charge in [0.1, 0.15) is 12.1 Å². The van der Waals surface area contributed by atoms with Crippen molar-refractivity contribution >= 4 is 34.3 Å². The summed E-state index contributed by atoms with van der Waals surface area (Å²) in [5.41, 5.74) is 1.59. The van der Waals surface area contributed by atoms with Crippen molar-refractivity contribution in [2.45, 2.75) is 44.6 Å². The van der Waals surface area contributed by atoms with E-state index in [0.717, 1.165) is 28.1 Å². The van der Waals surface area contributed by atoms with Crippen LogP contribution in [0.4, 0.5) is 9.93 Å². The molecule has 1 unspecified atom stereocenters. The molecule has 8 heteroatoms. The molecule has 2 aromatic rings. The van der Waals surface area contributed by atoms with Gasteiger partial charge in [0.15, 0.2) is 5.13 Å². The van der Waals surface area contributed by atoms with E-state index in [1.807, 2.05) is 50.4 Å². The van der Waals surface area contributed by atoms with Gasteiger partial charge < -0.3 is 10.6 Å². The van der Waals surface area contributed by atoms with Gasteiger partial charge >= 0.3 is 6.03 Å². The fraction of sp³-hybridized carbons (Fsp3) is 0.400. The predicted molar refractivity (Wildman–Crippen MR) is 106 cm³/mol. The minimum absolute atomic E-state index is 0.119. The molecule has 1 fully saturated rings. The fourth-order valence-corrected chi connectivity index (χ4v) is 4.66. The van der Waals surface area contributed by atoms with Crippen LogP contribution in [0.5, 0.6) is 0 Å². The number of nitrogens with one attached hydrogen (secondary N) is 2. The molecule has 4 rings (SSSR count). The number of imide groups is 1. The van der Waals surface area contributed by atoms with Crippen LogP contribution < -0.4 is 10.6 Å². The van der Waals surface area contributed by atoms with Crippen molar-refractivity contribution in [3.05, 3.63) is 46.5 Å². The third kappa shape index (κ3) is 2.97. The first-order chi connectivity index (χ1) is 13.2. The van der Waals surface area contributed by atoms with Crippen molar-refractivity contribution in [1.82, 2.24) is 15.2 Å². The Labute approximate surface area is 167 Å². The molecule has 2 N–H and O–H groups in total. The van der Waals surface area contributed by atoms with E-state index in [1.165, 1.54) is 11.3 Å². The normalized spacial score (nSPS) is 21.2. The van der Waals surface area contributed by atoms with Crippen LogP contribution in [0.3, 0.4) is 0 Å². The summed E-state index contributed by atoms with van der Waals surface area (Å²) in [6.45, 7) is 5.79. The zero-order valence-electron chi connectivity index (χ0n) is 16.0. The van der Waals surface area contributed by atoms with Crippen LogP contribution in [0.25, 0.3) is 0 Å². The SMILES string of the molecule is CC(C)(C)c1csc(NC(=O)CN2C(=O)NC3(CCc4ccccc43)C2=O)n1. The van der Waals surface area contributed by atoms with E-state index in [2.05, 4.69) is 15.6 Å². The number of aromatic nitrogens is 1. The molecule has 1 aromatic carbocycles. The van der Waals surface area contributed by atoms with Gasteiger partial charge in [0.25, 0.3) is 5.91 Å². The van der Waals surface area contributed by atoms with Crippen molar-refractivity contribution in [1.29, 1.82) is 0 Å². The van der Waals surface area contributed by atoms with Crippen molar-refractivity contribution in [3.8, 4) is 0 Å². The lowest BCUT2D eigenvalue weighted by atomic mass is 9.92. The molecule has 146 valence electrons. The number of carbonyl (C=O) groups is 3. The van der Waals surface area contributed by atoms with Crippen molar-refractivity contribution in [2.24, 2.45) is 0 Å². The third-order valence-electron chi connectivity index (χ3n) is 5.24. The van der Waals surface area contributed by atoms with E-state index in [9.17, 15) is 14.4 Å². The molecule has 1 saturated heterocycles. The maximum Gasteiger partial charge on any atom is 0.325 e. The number of aryl methyl sites for hydroxylation is 1. The molecule has 2 heterocycles. The van der Waals surface area contributed by atoms with E-state index >= 15 is 0 Å². The number of anilines is 1. The quantitative estimate of drug-likeness (QED) is 0.778. The number of rotatable bonds is 3. The molecule has 0 bridgehead atoms. The molecule has 4 amide bonds. The number of nitrogens with zero attached hydrogens (tertiary/aromatic N) is 2. The second kappa shape index (κ2) is 6.41. The lowest BCUT2D eigenvalue weighted by Crippen LogP contribution is -2.43. The smallest absolute Gasteiger partial charge is 0.319 e. The van der Waals surface area contributed by atoms with Gasteiger partial charge in [0, 0.05) is 10.8 Å². The summed E-state index contributed by atoms with van der Waals surface area (Å²) < 4.78 is 0. The van der Waals surface area contributed by atoms with Crippen LogP contribution in [-0.4, -0.2) is 34.3 Å². The Balaban J connectivity index is 1.49. The maximum absolute atomic E-state index is 13.1. The highest BCUT2D eigenvalue weighted by molar-refractivity contribution is 7.13. The van der Waals surface area contributed by atoms with Crippen LogP contribution in [0.2, 0.25) is 0 Å². The van der Waals surface area contributed by atoms with Gasteiger partial charge in [-0.1, -0.05) is 45.0 Å². The molecule has 28 heavy (non-hydrogen) atoms. The zero-order valence-corrected chi connectivity index (χ0v) is 16.9. The molecule has 1 spiro atoms. The summed E-state index contributed by atoms with van der Waals surface area (Å²) in [7, 11) is 0. The number of hydrogen-bond donors (Lipinski definition) is 2. The molecule has 0 radical (unpaired) electrons. The summed E-state index contributed by atoms with van der Waals surface area (Å²) in [5, 5.41) is 7.88. The maximum atomic E-state index is 13.1. The van der Waals surface area contributed by atoms with E-state index in [1.54, 1.807) is 0 Å². The molecule has 2 aliphatic rings. The highest BCUT2D eigenvalue weighted by atomic mass is 32.1. The third-order valence-corrected chi connectivity index (χ3v) is 6.00. The van der Waals surface area contributed by atoms with Crippen LogP contribution in [0.15, 0.2) is 29.6 Å². The second-order valence-electron chi connectivity index (χ2n) is 8.22. The van der Waals surface area contributed by atoms with Crippen LogP contribution in [0.1, 0.15) is 44.0 Å². The summed E-state index contributed by atoms with van der Waals surface area (Å²) >= 11 is 1.33. The van der Waals surface area contributed by atoms with Crippen LogP contribution >= 0.6 is 11.3 Å². The predicted octanol–water partition coefficient (Wildman–Crippen LogP) is 2.77. The van der Waals surface area contributed by atoms with Crippen molar-refractivity contribution < 1.29 is 14.4 Å². The average molecular weight is 398 g/mol. The molecule has 1 aliphatic carbocycles. The zero-order chi connectivity index (χ0) is 20.1. The Morgan fingerprint density at radius 3 is 2.79 bits per heavy atom. The second-order valence-corrected chi connectivity index (χ2v) is 9.08. The minimum atomic E-state index is -1.05. The van der Waals surface area contributed by atoms with Crippen LogP contribution in [-0.2, 0) is 27.0 Å². The topological polar surface area (TPSA) is 91.4 Å². The first-order valence-electron chi connectivity index (χ1n) is 9.19. The number of benzene rings is 1. The highest BCUT2D eigenvalue weighted by Crippen LogP contribution is 2.41. The van der Waals surface area contributed by atoms with Crippen molar-refractivity contribution in [2.75, 3.05) is 11.9 Å².